The predicted molar refractivity (Wildman–Crippen MR) is 94.1 cm³/mol. The second-order valence-corrected chi connectivity index (χ2v) is 6.79. The van der Waals surface area contributed by atoms with E-state index < -0.39 is 0 Å². The Balaban J connectivity index is 1.77. The number of aromatic nitrogens is 2. The van der Waals surface area contributed by atoms with Crippen molar-refractivity contribution >= 4 is 17.2 Å². The number of phenols is 1. The van der Waals surface area contributed by atoms with E-state index in [0.717, 1.165) is 26.7 Å². The Bertz CT molecular complexity index is 872. The van der Waals surface area contributed by atoms with Gasteiger partial charge in [0.25, 0.3) is 5.91 Å². The molecule has 0 fully saturated rings. The number of carbonyl (C=O) groups excluding carboxylic acids is 1. The number of aromatic hydroxyl groups is 1. The molecule has 3 aromatic rings. The molecule has 0 aliphatic heterocycles. The predicted octanol–water partition coefficient (Wildman–Crippen LogP) is 3.46. The molecule has 3 rings (SSSR count). The van der Waals surface area contributed by atoms with E-state index in [9.17, 15) is 9.90 Å². The van der Waals surface area contributed by atoms with Crippen LogP contribution >= 0.6 is 11.3 Å². The number of rotatable bonds is 4. The van der Waals surface area contributed by atoms with Gasteiger partial charge in [-0.15, -0.1) is 11.3 Å². The maximum absolute atomic E-state index is 12.4. The molecule has 0 atom stereocenters. The van der Waals surface area contributed by atoms with Crippen molar-refractivity contribution in [2.75, 3.05) is 0 Å². The monoisotopic (exact) mass is 339 g/mol. The number of phenolic OH excluding ortho intramolecular Hbond substituents is 1. The summed E-state index contributed by atoms with van der Waals surface area (Å²) < 4.78 is 0. The van der Waals surface area contributed by atoms with E-state index in [1.807, 2.05) is 26.0 Å². The second kappa shape index (κ2) is 6.80. The van der Waals surface area contributed by atoms with Crippen molar-refractivity contribution < 1.29 is 9.90 Å². The van der Waals surface area contributed by atoms with Crippen molar-refractivity contribution in [1.29, 1.82) is 0 Å². The molecule has 122 valence electrons. The number of benzene rings is 1. The van der Waals surface area contributed by atoms with E-state index >= 15 is 0 Å². The average Bonchev–Trinajstić information content (AvgIpc) is 3.00. The third kappa shape index (κ3) is 3.78. The lowest BCUT2D eigenvalue weighted by atomic mass is 10.1. The van der Waals surface area contributed by atoms with Gasteiger partial charge in [0.05, 0.1) is 12.2 Å². The van der Waals surface area contributed by atoms with Gasteiger partial charge in [-0.2, -0.15) is 0 Å². The van der Waals surface area contributed by atoms with Crippen LogP contribution < -0.4 is 5.32 Å². The number of thiazole rings is 1. The van der Waals surface area contributed by atoms with Gasteiger partial charge in [0.15, 0.2) is 0 Å². The summed E-state index contributed by atoms with van der Waals surface area (Å²) in [4.78, 5) is 22.0. The summed E-state index contributed by atoms with van der Waals surface area (Å²) in [5.74, 6) is -0.221. The van der Waals surface area contributed by atoms with E-state index in [1.165, 1.54) is 17.4 Å². The first-order valence-electron chi connectivity index (χ1n) is 7.48. The Hall–Kier alpha value is -2.73. The Morgan fingerprint density at radius 1 is 1.17 bits per heavy atom. The fourth-order valence-corrected chi connectivity index (χ4v) is 2.98. The Morgan fingerprint density at radius 3 is 2.67 bits per heavy atom. The summed E-state index contributed by atoms with van der Waals surface area (Å²) in [7, 11) is 0. The molecule has 0 aliphatic rings. The molecule has 6 heteroatoms. The maximum Gasteiger partial charge on any atom is 0.251 e. The Morgan fingerprint density at radius 2 is 2.00 bits per heavy atom. The van der Waals surface area contributed by atoms with Crippen molar-refractivity contribution in [3.63, 3.8) is 0 Å². The van der Waals surface area contributed by atoms with Crippen LogP contribution in [0.2, 0.25) is 0 Å². The third-order valence-electron chi connectivity index (χ3n) is 3.45. The molecule has 0 unspecified atom stereocenters. The topological polar surface area (TPSA) is 75.1 Å². The molecule has 0 radical (unpaired) electrons. The van der Waals surface area contributed by atoms with Crippen LogP contribution in [0.1, 0.15) is 26.5 Å². The number of pyridine rings is 1. The fourth-order valence-electron chi connectivity index (χ4n) is 2.23. The highest BCUT2D eigenvalue weighted by atomic mass is 32.1. The number of amides is 1. The largest absolute Gasteiger partial charge is 0.508 e. The number of hydrogen-bond acceptors (Lipinski definition) is 5. The van der Waals surface area contributed by atoms with Gasteiger partial charge in [0.2, 0.25) is 0 Å². The summed E-state index contributed by atoms with van der Waals surface area (Å²) in [6.45, 7) is 4.26. The number of nitrogens with one attached hydrogen (secondary N) is 1. The highest BCUT2D eigenvalue weighted by molar-refractivity contribution is 7.14. The van der Waals surface area contributed by atoms with Crippen LogP contribution in [-0.4, -0.2) is 21.0 Å². The van der Waals surface area contributed by atoms with E-state index in [-0.39, 0.29) is 11.7 Å². The highest BCUT2D eigenvalue weighted by Gasteiger charge is 2.11. The Labute approximate surface area is 144 Å². The van der Waals surface area contributed by atoms with Crippen LogP contribution in [0.15, 0.2) is 42.7 Å². The number of aryl methyl sites for hydroxylation is 2. The zero-order chi connectivity index (χ0) is 17.1. The van der Waals surface area contributed by atoms with Crippen molar-refractivity contribution in [2.24, 2.45) is 0 Å². The van der Waals surface area contributed by atoms with Crippen LogP contribution in [-0.2, 0) is 6.54 Å². The van der Waals surface area contributed by atoms with Crippen molar-refractivity contribution in [2.45, 2.75) is 20.4 Å². The molecule has 2 heterocycles. The zero-order valence-electron chi connectivity index (χ0n) is 13.4. The smallest absolute Gasteiger partial charge is 0.251 e. The number of nitrogens with zero attached hydrogens (tertiary/aromatic N) is 2. The summed E-state index contributed by atoms with van der Waals surface area (Å²) in [6.07, 6.45) is 3.53. The molecule has 0 bridgehead atoms. The molecular weight excluding hydrogens is 322 g/mol. The number of carbonyl (C=O) groups is 1. The lowest BCUT2D eigenvalue weighted by Crippen LogP contribution is -2.23. The molecule has 0 aliphatic carbocycles. The first-order valence-corrected chi connectivity index (χ1v) is 8.29. The van der Waals surface area contributed by atoms with Crippen molar-refractivity contribution in [3.05, 3.63) is 64.4 Å². The summed E-state index contributed by atoms with van der Waals surface area (Å²) >= 11 is 1.52. The van der Waals surface area contributed by atoms with Gasteiger partial charge in [-0.25, -0.2) is 4.98 Å². The van der Waals surface area contributed by atoms with Gasteiger partial charge in [-0.05, 0) is 43.7 Å². The normalized spacial score (nSPS) is 10.6. The fraction of sp³-hybridized carbons (Fsp3) is 0.167. The second-order valence-electron chi connectivity index (χ2n) is 5.55. The average molecular weight is 339 g/mol. The van der Waals surface area contributed by atoms with Crippen LogP contribution in [0.25, 0.3) is 10.6 Å². The first kappa shape index (κ1) is 16.1. The van der Waals surface area contributed by atoms with Crippen molar-refractivity contribution in [1.82, 2.24) is 15.3 Å². The molecule has 24 heavy (non-hydrogen) atoms. The zero-order valence-corrected chi connectivity index (χ0v) is 14.2. The lowest BCUT2D eigenvalue weighted by molar-refractivity contribution is 0.0950. The van der Waals surface area contributed by atoms with Crippen LogP contribution in [0, 0.1) is 13.8 Å². The third-order valence-corrected chi connectivity index (χ3v) is 4.41. The molecule has 0 spiro atoms. The number of hydrogen-bond donors (Lipinski definition) is 2. The van der Waals surface area contributed by atoms with E-state index in [1.54, 1.807) is 24.5 Å². The van der Waals surface area contributed by atoms with Crippen molar-refractivity contribution in [3.8, 4) is 16.3 Å². The summed E-state index contributed by atoms with van der Waals surface area (Å²) in [6, 6.07) is 8.61. The Kier molecular flexibility index (Phi) is 4.57. The summed E-state index contributed by atoms with van der Waals surface area (Å²) in [5, 5.41) is 13.5. The van der Waals surface area contributed by atoms with Gasteiger partial charge in [0.1, 0.15) is 10.8 Å². The van der Waals surface area contributed by atoms with Gasteiger partial charge in [-0.1, -0.05) is 6.07 Å². The van der Waals surface area contributed by atoms with E-state index in [2.05, 4.69) is 15.3 Å². The van der Waals surface area contributed by atoms with E-state index in [4.69, 9.17) is 0 Å². The van der Waals surface area contributed by atoms with Gasteiger partial charge < -0.3 is 10.4 Å². The van der Waals surface area contributed by atoms with Crippen LogP contribution in [0.4, 0.5) is 0 Å². The molecule has 0 saturated heterocycles. The van der Waals surface area contributed by atoms with Crippen LogP contribution in [0.5, 0.6) is 5.75 Å². The molecule has 5 nitrogen and oxygen atoms in total. The lowest BCUT2D eigenvalue weighted by Gasteiger charge is -2.07. The van der Waals surface area contributed by atoms with Crippen LogP contribution in [0.3, 0.4) is 0 Å². The molecule has 2 aromatic heterocycles. The van der Waals surface area contributed by atoms with Gasteiger partial charge in [0, 0.05) is 28.4 Å². The summed E-state index contributed by atoms with van der Waals surface area (Å²) in [5.41, 5.74) is 2.97. The maximum atomic E-state index is 12.4. The highest BCUT2D eigenvalue weighted by Crippen LogP contribution is 2.28. The molecule has 1 aromatic carbocycles. The minimum atomic E-state index is -0.261. The molecule has 2 N–H and O–H groups in total. The molecular formula is C18H17N3O2S. The van der Waals surface area contributed by atoms with Gasteiger partial charge in [-0.3, -0.25) is 9.78 Å². The molecule has 0 saturated carbocycles. The van der Waals surface area contributed by atoms with E-state index in [0.29, 0.717) is 12.1 Å². The standard InChI is InChI=1S/C18H17N3O2S/c1-11-3-4-15(19-8-11)10-20-17(23)13-5-14(7-16(22)6-13)18-21-9-12(2)24-18/h3-9,22H,10H2,1-2H3,(H,20,23). The SMILES string of the molecule is Cc1ccc(CNC(=O)c2cc(O)cc(-c3ncc(C)s3)c2)nc1. The minimum Gasteiger partial charge on any atom is -0.508 e. The quantitative estimate of drug-likeness (QED) is 0.763. The first-order chi connectivity index (χ1) is 11.5. The van der Waals surface area contributed by atoms with Gasteiger partial charge >= 0.3 is 0 Å². The molecule has 1 amide bonds. The minimum absolute atomic E-state index is 0.0407.